The zero-order valence-electron chi connectivity index (χ0n) is 16.8. The summed E-state index contributed by atoms with van der Waals surface area (Å²) in [6.07, 6.45) is 0. The van der Waals surface area contributed by atoms with Gasteiger partial charge in [-0.1, -0.05) is 33.6 Å². The van der Waals surface area contributed by atoms with Crippen molar-refractivity contribution in [3.63, 3.8) is 0 Å². The lowest BCUT2D eigenvalue weighted by molar-refractivity contribution is -0.118. The first kappa shape index (κ1) is 22.8. The molecule has 0 bridgehead atoms. The van der Waals surface area contributed by atoms with Crippen LogP contribution in [-0.4, -0.2) is 20.9 Å². The van der Waals surface area contributed by atoms with Gasteiger partial charge in [-0.15, -0.1) is 0 Å². The summed E-state index contributed by atoms with van der Waals surface area (Å²) in [6, 6.07) is 19.2. The summed E-state index contributed by atoms with van der Waals surface area (Å²) in [5.41, 5.74) is 3.36. The first-order valence-corrected chi connectivity index (χ1v) is 11.7. The van der Waals surface area contributed by atoms with Gasteiger partial charge in [0.2, 0.25) is 10.0 Å². The Hall–Kier alpha value is -2.88. The van der Waals surface area contributed by atoms with Crippen molar-refractivity contribution in [2.45, 2.75) is 18.4 Å². The molecule has 0 spiro atoms. The number of hydrogen-bond acceptors (Lipinski definition) is 5. The van der Waals surface area contributed by atoms with Gasteiger partial charge in [0.25, 0.3) is 5.91 Å². The Bertz CT molecular complexity index is 1160. The molecule has 1 amide bonds. The molecule has 31 heavy (non-hydrogen) atoms. The fraction of sp³-hybridized carbons (Fsp3) is 0.136. The van der Waals surface area contributed by atoms with Crippen LogP contribution in [-0.2, 0) is 21.4 Å². The minimum Gasteiger partial charge on any atom is -0.483 e. The van der Waals surface area contributed by atoms with E-state index < -0.39 is 10.0 Å². The smallest absolute Gasteiger partial charge is 0.262 e. The molecule has 0 aromatic heterocycles. The SMILES string of the molecule is Cc1ccc(NC(=O)COc2ccc(Br)cc2CNc2ccc(S(N)(=O)=O)cc2)cc1. The molecule has 3 rings (SSSR count). The van der Waals surface area contributed by atoms with Crippen LogP contribution in [0.15, 0.2) is 76.1 Å². The van der Waals surface area contributed by atoms with Crippen molar-refractivity contribution >= 4 is 43.2 Å². The molecule has 9 heteroatoms. The molecule has 0 unspecified atom stereocenters. The van der Waals surface area contributed by atoms with Gasteiger partial charge in [0.15, 0.2) is 6.61 Å². The molecule has 7 nitrogen and oxygen atoms in total. The largest absolute Gasteiger partial charge is 0.483 e. The highest BCUT2D eigenvalue weighted by atomic mass is 79.9. The second kappa shape index (κ2) is 9.95. The third-order valence-corrected chi connectivity index (χ3v) is 5.80. The van der Waals surface area contributed by atoms with Gasteiger partial charge in [-0.25, -0.2) is 13.6 Å². The van der Waals surface area contributed by atoms with E-state index >= 15 is 0 Å². The Morgan fingerprint density at radius 1 is 1.00 bits per heavy atom. The second-order valence-electron chi connectivity index (χ2n) is 6.88. The first-order valence-electron chi connectivity index (χ1n) is 9.35. The van der Waals surface area contributed by atoms with Crippen molar-refractivity contribution in [2.75, 3.05) is 17.2 Å². The molecular weight excluding hydrogens is 482 g/mol. The summed E-state index contributed by atoms with van der Waals surface area (Å²) >= 11 is 3.44. The van der Waals surface area contributed by atoms with E-state index in [1.165, 1.54) is 12.1 Å². The maximum atomic E-state index is 12.2. The number of nitrogens with two attached hydrogens (primary N) is 1. The molecule has 0 saturated carbocycles. The monoisotopic (exact) mass is 503 g/mol. The fourth-order valence-electron chi connectivity index (χ4n) is 2.76. The lowest BCUT2D eigenvalue weighted by Gasteiger charge is -2.14. The quantitative estimate of drug-likeness (QED) is 0.429. The minimum absolute atomic E-state index is 0.0455. The minimum atomic E-state index is -3.73. The number of ether oxygens (including phenoxy) is 1. The van der Waals surface area contributed by atoms with Gasteiger partial charge in [0.05, 0.1) is 4.90 Å². The van der Waals surface area contributed by atoms with Crippen molar-refractivity contribution in [3.05, 3.63) is 82.3 Å². The highest BCUT2D eigenvalue weighted by Crippen LogP contribution is 2.25. The molecule has 4 N–H and O–H groups in total. The maximum absolute atomic E-state index is 12.2. The predicted octanol–water partition coefficient (Wildman–Crippen LogP) is 4.03. The molecule has 0 aliphatic heterocycles. The number of primary sulfonamides is 1. The van der Waals surface area contributed by atoms with Crippen LogP contribution >= 0.6 is 15.9 Å². The fourth-order valence-corrected chi connectivity index (χ4v) is 3.69. The van der Waals surface area contributed by atoms with Crippen LogP contribution in [0.25, 0.3) is 0 Å². The number of anilines is 2. The number of halogens is 1. The number of aryl methyl sites for hydroxylation is 1. The van der Waals surface area contributed by atoms with E-state index in [0.29, 0.717) is 18.0 Å². The van der Waals surface area contributed by atoms with Gasteiger partial charge >= 0.3 is 0 Å². The summed E-state index contributed by atoms with van der Waals surface area (Å²) in [5.74, 6) is 0.306. The van der Waals surface area contributed by atoms with E-state index in [9.17, 15) is 13.2 Å². The Labute approximate surface area is 189 Å². The number of sulfonamides is 1. The third kappa shape index (κ3) is 6.81. The van der Waals surface area contributed by atoms with Gasteiger partial charge in [-0.3, -0.25) is 4.79 Å². The van der Waals surface area contributed by atoms with E-state index in [0.717, 1.165) is 21.3 Å². The molecule has 0 saturated heterocycles. The summed E-state index contributed by atoms with van der Waals surface area (Å²) < 4.78 is 29.3. The molecule has 0 aliphatic rings. The lowest BCUT2D eigenvalue weighted by atomic mass is 10.2. The molecule has 0 fully saturated rings. The van der Waals surface area contributed by atoms with Gasteiger partial charge in [0, 0.05) is 28.0 Å². The summed E-state index contributed by atoms with van der Waals surface area (Å²) in [6.45, 7) is 2.25. The average molecular weight is 504 g/mol. The molecule has 0 radical (unpaired) electrons. The standard InChI is InChI=1S/C22H22BrN3O4S/c1-15-2-5-19(6-3-15)26-22(27)14-30-21-11-4-17(23)12-16(21)13-25-18-7-9-20(10-8-18)31(24,28)29/h2-12,25H,13-14H2,1H3,(H,26,27)(H2,24,28,29). The van der Waals surface area contributed by atoms with Crippen molar-refractivity contribution in [2.24, 2.45) is 5.14 Å². The van der Waals surface area contributed by atoms with Gasteiger partial charge < -0.3 is 15.4 Å². The van der Waals surface area contributed by atoms with Crippen LogP contribution in [0.4, 0.5) is 11.4 Å². The number of benzene rings is 3. The number of rotatable bonds is 8. The Morgan fingerprint density at radius 2 is 1.65 bits per heavy atom. The Morgan fingerprint density at radius 3 is 2.29 bits per heavy atom. The molecule has 3 aromatic carbocycles. The van der Waals surface area contributed by atoms with Gasteiger partial charge in [0.1, 0.15) is 5.75 Å². The highest BCUT2D eigenvalue weighted by Gasteiger charge is 2.10. The molecule has 0 heterocycles. The molecular formula is C22H22BrN3O4S. The summed E-state index contributed by atoms with van der Waals surface area (Å²) in [7, 11) is -3.73. The van der Waals surface area contributed by atoms with E-state index in [4.69, 9.17) is 9.88 Å². The molecule has 0 atom stereocenters. The number of amides is 1. The third-order valence-electron chi connectivity index (χ3n) is 4.38. The Balaban J connectivity index is 1.62. The zero-order valence-corrected chi connectivity index (χ0v) is 19.2. The number of carbonyl (C=O) groups is 1. The van der Waals surface area contributed by atoms with Gasteiger partial charge in [-0.2, -0.15) is 0 Å². The van der Waals surface area contributed by atoms with Crippen molar-refractivity contribution in [1.29, 1.82) is 0 Å². The van der Waals surface area contributed by atoms with E-state index in [1.807, 2.05) is 43.3 Å². The van der Waals surface area contributed by atoms with Crippen LogP contribution < -0.4 is 20.5 Å². The predicted molar refractivity (Wildman–Crippen MR) is 125 cm³/mol. The molecule has 3 aromatic rings. The van der Waals surface area contributed by atoms with E-state index in [1.54, 1.807) is 18.2 Å². The highest BCUT2D eigenvalue weighted by molar-refractivity contribution is 9.10. The van der Waals surface area contributed by atoms with Crippen LogP contribution in [0.2, 0.25) is 0 Å². The van der Waals surface area contributed by atoms with Crippen molar-refractivity contribution in [3.8, 4) is 5.75 Å². The molecule has 162 valence electrons. The average Bonchev–Trinajstić information content (AvgIpc) is 2.73. The van der Waals surface area contributed by atoms with Crippen LogP contribution in [0.5, 0.6) is 5.75 Å². The number of carbonyl (C=O) groups excluding carboxylic acids is 1. The van der Waals surface area contributed by atoms with Crippen LogP contribution in [0.1, 0.15) is 11.1 Å². The summed E-state index contributed by atoms with van der Waals surface area (Å²) in [5, 5.41) is 11.1. The maximum Gasteiger partial charge on any atom is 0.262 e. The second-order valence-corrected chi connectivity index (χ2v) is 9.35. The number of hydrogen-bond donors (Lipinski definition) is 3. The van der Waals surface area contributed by atoms with E-state index in [-0.39, 0.29) is 17.4 Å². The lowest BCUT2D eigenvalue weighted by Crippen LogP contribution is -2.20. The Kier molecular flexibility index (Phi) is 7.32. The van der Waals surface area contributed by atoms with Crippen molar-refractivity contribution in [1.82, 2.24) is 0 Å². The normalized spacial score (nSPS) is 11.1. The summed E-state index contributed by atoms with van der Waals surface area (Å²) in [4.78, 5) is 12.3. The topological polar surface area (TPSA) is 111 Å². The van der Waals surface area contributed by atoms with Crippen LogP contribution in [0, 0.1) is 6.92 Å². The molecule has 0 aliphatic carbocycles. The first-order chi connectivity index (χ1) is 14.7. The van der Waals surface area contributed by atoms with Gasteiger partial charge in [-0.05, 0) is 61.5 Å². The number of nitrogens with one attached hydrogen (secondary N) is 2. The van der Waals surface area contributed by atoms with Crippen LogP contribution in [0.3, 0.4) is 0 Å². The van der Waals surface area contributed by atoms with Crippen molar-refractivity contribution < 1.29 is 17.9 Å². The zero-order chi connectivity index (χ0) is 22.4. The van der Waals surface area contributed by atoms with E-state index in [2.05, 4.69) is 26.6 Å².